The van der Waals surface area contributed by atoms with Crippen LogP contribution in [0.15, 0.2) is 24.3 Å². The molecule has 7 heteroatoms. The highest BCUT2D eigenvalue weighted by molar-refractivity contribution is 6.05. The number of methoxy groups -OCH3 is 1. The lowest BCUT2D eigenvalue weighted by molar-refractivity contribution is -0.126. The van der Waals surface area contributed by atoms with Gasteiger partial charge in [-0.1, -0.05) is 18.2 Å². The minimum Gasteiger partial charge on any atom is -0.385 e. The second kappa shape index (κ2) is 12.3. The zero-order valence-electron chi connectivity index (χ0n) is 17.5. The molecule has 1 aromatic rings. The predicted molar refractivity (Wildman–Crippen MR) is 118 cm³/mol. The highest BCUT2D eigenvalue weighted by atomic mass is 16.5. The first-order valence-corrected chi connectivity index (χ1v) is 10.4. The first kappa shape index (κ1) is 23.0. The summed E-state index contributed by atoms with van der Waals surface area (Å²) < 4.78 is 5.10. The minimum atomic E-state index is 0.102. The van der Waals surface area contributed by atoms with Crippen LogP contribution >= 0.6 is 0 Å². The lowest BCUT2D eigenvalue weighted by Gasteiger charge is -2.31. The van der Waals surface area contributed by atoms with Crippen LogP contribution in [0.1, 0.15) is 37.7 Å². The summed E-state index contributed by atoms with van der Waals surface area (Å²) >= 11 is 0. The van der Waals surface area contributed by atoms with E-state index in [4.69, 9.17) is 15.6 Å². The van der Waals surface area contributed by atoms with Crippen molar-refractivity contribution in [3.05, 3.63) is 29.8 Å². The van der Waals surface area contributed by atoms with Gasteiger partial charge in [0.15, 0.2) is 0 Å². The number of nitrogens with zero attached hydrogens (tertiary/aromatic N) is 1. The van der Waals surface area contributed by atoms with Crippen LogP contribution in [0, 0.1) is 22.7 Å². The largest absolute Gasteiger partial charge is 0.385 e. The third kappa shape index (κ3) is 7.25. The number of carbonyl (C=O) groups is 1. The lowest BCUT2D eigenvalue weighted by Crippen LogP contribution is -2.42. The molecule has 0 spiro atoms. The zero-order chi connectivity index (χ0) is 21.1. The molecule has 2 aliphatic rings. The highest BCUT2D eigenvalue weighted by Gasteiger charge is 2.28. The molecular weight excluding hydrogens is 366 g/mol. The molecule has 0 bridgehead atoms. The van der Waals surface area contributed by atoms with Crippen LogP contribution < -0.4 is 10.6 Å². The molecule has 1 amide bonds. The number of ether oxygens (including phenoxy) is 1. The summed E-state index contributed by atoms with van der Waals surface area (Å²) in [6.45, 7) is 6.72. The van der Waals surface area contributed by atoms with Gasteiger partial charge in [-0.15, -0.1) is 0 Å². The third-order valence-electron chi connectivity index (χ3n) is 5.53. The molecule has 160 valence electrons. The Bertz CT molecular complexity index is 654. The zero-order valence-corrected chi connectivity index (χ0v) is 17.5. The molecule has 0 unspecified atom stereocenters. The van der Waals surface area contributed by atoms with Gasteiger partial charge in [-0.2, -0.15) is 0 Å². The van der Waals surface area contributed by atoms with E-state index in [1.807, 2.05) is 24.3 Å². The summed E-state index contributed by atoms with van der Waals surface area (Å²) in [7, 11) is 1.73. The summed E-state index contributed by atoms with van der Waals surface area (Å²) in [5.41, 5.74) is 2.60. The number of rotatable bonds is 10. The SMILES string of the molecule is C=N.COCCCN1CCC(C(=O)NCNc2ccccc2C(=N)C2CC2)CC1. The van der Waals surface area contributed by atoms with Gasteiger partial charge in [0.2, 0.25) is 5.91 Å². The summed E-state index contributed by atoms with van der Waals surface area (Å²) in [6, 6.07) is 7.91. The quantitative estimate of drug-likeness (QED) is 0.275. The van der Waals surface area contributed by atoms with Gasteiger partial charge in [0, 0.05) is 49.1 Å². The van der Waals surface area contributed by atoms with E-state index in [1.165, 1.54) is 0 Å². The van der Waals surface area contributed by atoms with E-state index in [9.17, 15) is 4.79 Å². The number of likely N-dealkylation sites (tertiary alicyclic amines) is 1. The minimum absolute atomic E-state index is 0.102. The number of piperidine rings is 1. The number of amides is 1. The van der Waals surface area contributed by atoms with Crippen molar-refractivity contribution in [2.24, 2.45) is 11.8 Å². The molecule has 4 N–H and O–H groups in total. The number of hydrogen-bond donors (Lipinski definition) is 4. The van der Waals surface area contributed by atoms with Crippen LogP contribution in [0.5, 0.6) is 0 Å². The number of hydrogen-bond acceptors (Lipinski definition) is 6. The van der Waals surface area contributed by atoms with Crippen LogP contribution in [0.4, 0.5) is 5.69 Å². The lowest BCUT2D eigenvalue weighted by atomic mass is 9.96. The monoisotopic (exact) mass is 401 g/mol. The van der Waals surface area contributed by atoms with Gasteiger partial charge >= 0.3 is 0 Å². The Balaban J connectivity index is 0.00000145. The normalized spacial score (nSPS) is 17.1. The Hall–Kier alpha value is -2.25. The Labute approximate surface area is 174 Å². The molecule has 0 aromatic heterocycles. The van der Waals surface area contributed by atoms with Crippen LogP contribution in [-0.4, -0.2) is 63.3 Å². The first-order chi connectivity index (χ1) is 14.2. The average Bonchev–Trinajstić information content (AvgIpc) is 3.61. The van der Waals surface area contributed by atoms with Gasteiger partial charge in [0.05, 0.1) is 6.67 Å². The molecule has 1 saturated carbocycles. The molecule has 1 aromatic carbocycles. The van der Waals surface area contributed by atoms with Crippen LogP contribution in [0.2, 0.25) is 0 Å². The smallest absolute Gasteiger partial charge is 0.224 e. The summed E-state index contributed by atoms with van der Waals surface area (Å²) in [4.78, 5) is 14.9. The first-order valence-electron chi connectivity index (χ1n) is 10.4. The van der Waals surface area contributed by atoms with Crippen LogP contribution in [-0.2, 0) is 9.53 Å². The Morgan fingerprint density at radius 3 is 2.52 bits per heavy atom. The molecular formula is C22H35N5O2. The van der Waals surface area contributed by atoms with Crippen molar-refractivity contribution in [2.75, 3.05) is 45.3 Å². The predicted octanol–water partition coefficient (Wildman–Crippen LogP) is 2.96. The van der Waals surface area contributed by atoms with E-state index in [0.29, 0.717) is 18.3 Å². The van der Waals surface area contributed by atoms with Gasteiger partial charge in [0.25, 0.3) is 0 Å². The van der Waals surface area contributed by atoms with Crippen LogP contribution in [0.25, 0.3) is 0 Å². The van der Waals surface area contributed by atoms with Crippen molar-refractivity contribution in [1.82, 2.24) is 10.2 Å². The number of para-hydroxylation sites is 1. The molecule has 1 aliphatic carbocycles. The maximum Gasteiger partial charge on any atom is 0.224 e. The van der Waals surface area contributed by atoms with Gasteiger partial charge in [-0.25, -0.2) is 0 Å². The Morgan fingerprint density at radius 1 is 1.17 bits per heavy atom. The van der Waals surface area contributed by atoms with Crippen molar-refractivity contribution in [1.29, 1.82) is 10.8 Å². The number of nitrogens with one attached hydrogen (secondary N) is 4. The standard InChI is InChI=1S/C21H32N4O2.CH3N/c1-27-14-4-11-25-12-9-17(10-13-25)21(26)24-15-23-19-6-3-2-5-18(19)20(22)16-7-8-16;1-2/h2-3,5-6,16-17,22-23H,4,7-15H2,1H3,(H,24,26);2H,1H2. The van der Waals surface area contributed by atoms with E-state index < -0.39 is 0 Å². The second-order valence-electron chi connectivity index (χ2n) is 7.59. The van der Waals surface area contributed by atoms with Crippen molar-refractivity contribution < 1.29 is 9.53 Å². The maximum atomic E-state index is 12.5. The topological polar surface area (TPSA) is 101 Å². The van der Waals surface area contributed by atoms with Gasteiger partial charge < -0.3 is 31.1 Å². The second-order valence-corrected chi connectivity index (χ2v) is 7.59. The number of anilines is 1. The fraction of sp³-hybridized carbons (Fsp3) is 0.591. The van der Waals surface area contributed by atoms with Gasteiger partial charge in [0.1, 0.15) is 0 Å². The van der Waals surface area contributed by atoms with E-state index in [2.05, 4.69) is 22.3 Å². The molecule has 3 rings (SSSR count). The van der Waals surface area contributed by atoms with E-state index in [-0.39, 0.29) is 11.8 Å². The van der Waals surface area contributed by atoms with Gasteiger partial charge in [-0.3, -0.25) is 4.79 Å². The molecule has 0 atom stereocenters. The van der Waals surface area contributed by atoms with Crippen molar-refractivity contribution in [3.63, 3.8) is 0 Å². The molecule has 29 heavy (non-hydrogen) atoms. The van der Waals surface area contributed by atoms with Crippen molar-refractivity contribution in [3.8, 4) is 0 Å². The number of carbonyl (C=O) groups excluding carboxylic acids is 1. The third-order valence-corrected chi connectivity index (χ3v) is 5.53. The van der Waals surface area contributed by atoms with E-state index in [1.54, 1.807) is 7.11 Å². The molecule has 1 heterocycles. The highest BCUT2D eigenvalue weighted by Crippen LogP contribution is 2.34. The molecule has 1 saturated heterocycles. The van der Waals surface area contributed by atoms with Crippen molar-refractivity contribution >= 4 is 24.0 Å². The summed E-state index contributed by atoms with van der Waals surface area (Å²) in [5, 5.41) is 20.1. The van der Waals surface area contributed by atoms with E-state index in [0.717, 1.165) is 69.6 Å². The molecule has 7 nitrogen and oxygen atoms in total. The van der Waals surface area contributed by atoms with Gasteiger partial charge in [-0.05, 0) is 58.0 Å². The number of benzene rings is 1. The maximum absolute atomic E-state index is 12.5. The Morgan fingerprint density at radius 2 is 1.86 bits per heavy atom. The summed E-state index contributed by atoms with van der Waals surface area (Å²) in [5.74, 6) is 0.649. The summed E-state index contributed by atoms with van der Waals surface area (Å²) in [6.07, 6.45) is 5.12. The van der Waals surface area contributed by atoms with Crippen molar-refractivity contribution in [2.45, 2.75) is 32.1 Å². The molecule has 2 fully saturated rings. The fourth-order valence-electron chi connectivity index (χ4n) is 3.69. The Kier molecular flexibility index (Phi) is 9.80. The average molecular weight is 402 g/mol. The van der Waals surface area contributed by atoms with E-state index >= 15 is 0 Å². The molecule has 0 radical (unpaired) electrons. The molecule has 1 aliphatic heterocycles. The van der Waals surface area contributed by atoms with Crippen LogP contribution in [0.3, 0.4) is 0 Å². The fourth-order valence-corrected chi connectivity index (χ4v) is 3.69.